The Labute approximate surface area is 206 Å². The number of ether oxygens (including phenoxy) is 1. The van der Waals surface area contributed by atoms with Crippen molar-refractivity contribution in [1.82, 2.24) is 15.1 Å². The number of imide groups is 1. The molecule has 3 aliphatic rings. The lowest BCUT2D eigenvalue weighted by Crippen LogP contribution is -2.71. The number of hydrogen-bond acceptors (Lipinski definition) is 5. The quantitative estimate of drug-likeness (QED) is 0.654. The fourth-order valence-corrected chi connectivity index (χ4v) is 4.77. The van der Waals surface area contributed by atoms with Crippen molar-refractivity contribution in [2.24, 2.45) is 5.41 Å². The number of alkyl halides is 2. The van der Waals surface area contributed by atoms with Gasteiger partial charge in [0.25, 0.3) is 11.8 Å². The number of carbonyl (C=O) groups excluding carboxylic acids is 4. The number of amides is 5. The molecule has 3 saturated heterocycles. The Kier molecular flexibility index (Phi) is 6.19. The first-order chi connectivity index (χ1) is 16.2. The van der Waals surface area contributed by atoms with E-state index in [0.717, 1.165) is 4.90 Å². The number of nitrogens with one attached hydrogen (secondary N) is 1. The van der Waals surface area contributed by atoms with Crippen LogP contribution in [0.4, 0.5) is 24.1 Å². The van der Waals surface area contributed by atoms with Crippen molar-refractivity contribution in [1.29, 1.82) is 0 Å². The Balaban J connectivity index is 1.43. The van der Waals surface area contributed by atoms with E-state index in [0.29, 0.717) is 0 Å². The molecule has 3 heterocycles. The molecule has 0 unspecified atom stereocenters. The number of benzene rings is 1. The summed E-state index contributed by atoms with van der Waals surface area (Å²) in [6, 6.07) is 3.70. The minimum absolute atomic E-state index is 0.0386. The van der Waals surface area contributed by atoms with Crippen molar-refractivity contribution >= 4 is 41.2 Å². The van der Waals surface area contributed by atoms with E-state index in [1.165, 1.54) is 28.0 Å². The lowest BCUT2D eigenvalue weighted by atomic mass is 9.69. The van der Waals surface area contributed by atoms with Crippen LogP contribution < -0.4 is 10.2 Å². The predicted molar refractivity (Wildman–Crippen MR) is 123 cm³/mol. The molecule has 1 spiro atoms. The fraction of sp³-hybridized carbons (Fsp3) is 0.565. The van der Waals surface area contributed by atoms with E-state index in [4.69, 9.17) is 16.3 Å². The highest BCUT2D eigenvalue weighted by Gasteiger charge is 2.64. The normalized spacial score (nSPS) is 21.5. The summed E-state index contributed by atoms with van der Waals surface area (Å²) in [6.07, 6.45) is -0.655. The maximum atomic E-state index is 15.1. The van der Waals surface area contributed by atoms with E-state index in [2.05, 4.69) is 5.32 Å². The topological polar surface area (TPSA) is 99.3 Å². The van der Waals surface area contributed by atoms with Crippen molar-refractivity contribution in [3.8, 4) is 0 Å². The van der Waals surface area contributed by atoms with Gasteiger partial charge in [-0.1, -0.05) is 11.6 Å². The predicted octanol–water partition coefficient (Wildman–Crippen LogP) is 3.50. The van der Waals surface area contributed by atoms with Gasteiger partial charge in [0.15, 0.2) is 0 Å². The van der Waals surface area contributed by atoms with E-state index < -0.39 is 47.4 Å². The van der Waals surface area contributed by atoms with E-state index in [9.17, 15) is 19.2 Å². The molecule has 5 amide bonds. The molecule has 0 bridgehead atoms. The molecule has 1 aromatic carbocycles. The van der Waals surface area contributed by atoms with Gasteiger partial charge in [0.2, 0.25) is 5.91 Å². The third kappa shape index (κ3) is 4.78. The number of likely N-dealkylation sites (tertiary alicyclic amines) is 2. The molecule has 3 fully saturated rings. The second-order valence-corrected chi connectivity index (χ2v) is 10.6. The Hall–Kier alpha value is -2.95. The van der Waals surface area contributed by atoms with Crippen molar-refractivity contribution < 1.29 is 32.7 Å². The average molecular weight is 513 g/mol. The van der Waals surface area contributed by atoms with Crippen LogP contribution >= 0.6 is 11.6 Å². The van der Waals surface area contributed by atoms with E-state index >= 15 is 8.78 Å². The molecule has 0 atom stereocenters. The molecule has 190 valence electrons. The Bertz CT molecular complexity index is 1080. The minimum Gasteiger partial charge on any atom is -0.444 e. The van der Waals surface area contributed by atoms with E-state index in [-0.39, 0.29) is 55.3 Å². The van der Waals surface area contributed by atoms with Crippen molar-refractivity contribution in [3.63, 3.8) is 0 Å². The van der Waals surface area contributed by atoms with Gasteiger partial charge in [-0.05, 0) is 45.4 Å². The number of hydrogen-bond donors (Lipinski definition) is 1. The standard InChI is InChI=1S/C23H27ClF2N4O5/c1-21(2,3)35-20(34)28-9-7-22(23(25,26)13-28)11-29(12-22)18(32)14-4-5-15(24)16(10-14)30-8-6-17(31)27-19(30)33/h4-5,10H,6-9,11-13H2,1-3H3,(H,27,31,33). The number of halogens is 3. The zero-order valence-corrected chi connectivity index (χ0v) is 20.5. The summed E-state index contributed by atoms with van der Waals surface area (Å²) in [5, 5.41) is 2.41. The van der Waals surface area contributed by atoms with Crippen molar-refractivity contribution in [2.75, 3.05) is 37.6 Å². The van der Waals surface area contributed by atoms with Crippen LogP contribution in [-0.4, -0.2) is 78.0 Å². The smallest absolute Gasteiger partial charge is 0.410 e. The number of nitrogens with zero attached hydrogens (tertiary/aromatic N) is 3. The van der Waals surface area contributed by atoms with Crippen LogP contribution in [0.5, 0.6) is 0 Å². The number of urea groups is 1. The molecule has 0 saturated carbocycles. The third-order valence-electron chi connectivity index (χ3n) is 6.49. The molecule has 0 aromatic heterocycles. The summed E-state index contributed by atoms with van der Waals surface area (Å²) >= 11 is 6.22. The van der Waals surface area contributed by atoms with Gasteiger partial charge < -0.3 is 14.5 Å². The van der Waals surface area contributed by atoms with Gasteiger partial charge in [0.1, 0.15) is 5.60 Å². The maximum Gasteiger partial charge on any atom is 0.410 e. The van der Waals surface area contributed by atoms with E-state index in [1.54, 1.807) is 20.8 Å². The van der Waals surface area contributed by atoms with Gasteiger partial charge in [-0.2, -0.15) is 0 Å². The van der Waals surface area contributed by atoms with Gasteiger partial charge in [0, 0.05) is 38.2 Å². The lowest BCUT2D eigenvalue weighted by molar-refractivity contribution is -0.211. The fourth-order valence-electron chi connectivity index (χ4n) is 4.55. The second-order valence-electron chi connectivity index (χ2n) is 10.2. The summed E-state index contributed by atoms with van der Waals surface area (Å²) in [4.78, 5) is 52.5. The zero-order chi connectivity index (χ0) is 25.8. The highest BCUT2D eigenvalue weighted by atomic mass is 35.5. The SMILES string of the molecule is CC(C)(C)OC(=O)N1CCC2(CN(C(=O)c3ccc(Cl)c(N4CCC(=O)NC4=O)c3)C2)C(F)(F)C1. The molecule has 12 heteroatoms. The van der Waals surface area contributed by atoms with Gasteiger partial charge >= 0.3 is 12.1 Å². The van der Waals surface area contributed by atoms with Crippen LogP contribution in [-0.2, 0) is 9.53 Å². The van der Waals surface area contributed by atoms with E-state index in [1.807, 2.05) is 0 Å². The molecule has 35 heavy (non-hydrogen) atoms. The van der Waals surface area contributed by atoms with Crippen LogP contribution in [0.3, 0.4) is 0 Å². The van der Waals surface area contributed by atoms with Gasteiger partial charge in [-0.3, -0.25) is 19.8 Å². The molecule has 4 rings (SSSR count). The number of piperidine rings is 1. The summed E-state index contributed by atoms with van der Waals surface area (Å²) in [5.41, 5.74) is -1.75. The van der Waals surface area contributed by atoms with Crippen molar-refractivity contribution in [2.45, 2.75) is 45.1 Å². The van der Waals surface area contributed by atoms with Crippen LogP contribution in [0.2, 0.25) is 5.02 Å². The highest BCUT2D eigenvalue weighted by Crippen LogP contribution is 2.50. The highest BCUT2D eigenvalue weighted by molar-refractivity contribution is 6.34. The molecule has 0 radical (unpaired) electrons. The summed E-state index contributed by atoms with van der Waals surface area (Å²) < 4.78 is 35.5. The summed E-state index contributed by atoms with van der Waals surface area (Å²) in [5.74, 6) is -4.06. The molecule has 1 N–H and O–H groups in total. The minimum atomic E-state index is -3.19. The molecular weight excluding hydrogens is 486 g/mol. The van der Waals surface area contributed by atoms with Crippen molar-refractivity contribution in [3.05, 3.63) is 28.8 Å². The monoisotopic (exact) mass is 512 g/mol. The first kappa shape index (κ1) is 25.2. The van der Waals surface area contributed by atoms with Gasteiger partial charge in [0.05, 0.1) is 22.7 Å². The van der Waals surface area contributed by atoms with Crippen LogP contribution in [0.25, 0.3) is 0 Å². The lowest BCUT2D eigenvalue weighted by Gasteiger charge is -2.57. The van der Waals surface area contributed by atoms with Crippen LogP contribution in [0.1, 0.15) is 44.0 Å². The first-order valence-electron chi connectivity index (χ1n) is 11.3. The summed E-state index contributed by atoms with van der Waals surface area (Å²) in [7, 11) is 0. The van der Waals surface area contributed by atoms with Gasteiger partial charge in [-0.15, -0.1) is 0 Å². The first-order valence-corrected chi connectivity index (χ1v) is 11.7. The molecule has 1 aromatic rings. The van der Waals surface area contributed by atoms with Gasteiger partial charge in [-0.25, -0.2) is 18.4 Å². The molecule has 9 nitrogen and oxygen atoms in total. The van der Waals surface area contributed by atoms with Crippen LogP contribution in [0.15, 0.2) is 18.2 Å². The van der Waals surface area contributed by atoms with Crippen LogP contribution in [0, 0.1) is 5.41 Å². The Morgan fingerprint density at radius 2 is 1.77 bits per heavy atom. The third-order valence-corrected chi connectivity index (χ3v) is 6.81. The number of rotatable bonds is 2. The zero-order valence-electron chi connectivity index (χ0n) is 19.7. The number of carbonyl (C=O) groups is 4. The average Bonchev–Trinajstić information content (AvgIpc) is 2.71. The number of anilines is 1. The molecular formula is C23H27ClF2N4O5. The Morgan fingerprint density at radius 1 is 1.09 bits per heavy atom. The summed E-state index contributed by atoms with van der Waals surface area (Å²) in [6.45, 7) is 4.15. The molecule has 3 aliphatic heterocycles. The Morgan fingerprint density at radius 3 is 2.37 bits per heavy atom. The maximum absolute atomic E-state index is 15.1. The largest absolute Gasteiger partial charge is 0.444 e. The second kappa shape index (κ2) is 8.61. The molecule has 0 aliphatic carbocycles.